The van der Waals surface area contributed by atoms with Gasteiger partial charge in [-0.3, -0.25) is 0 Å². The summed E-state index contributed by atoms with van der Waals surface area (Å²) >= 11 is 0. The minimum absolute atomic E-state index is 0.191. The summed E-state index contributed by atoms with van der Waals surface area (Å²) in [6.07, 6.45) is 0.719. The van der Waals surface area contributed by atoms with E-state index in [4.69, 9.17) is 5.73 Å². The van der Waals surface area contributed by atoms with E-state index in [1.165, 1.54) is 0 Å². The van der Waals surface area contributed by atoms with E-state index in [9.17, 15) is 4.39 Å². The quantitative estimate of drug-likeness (QED) is 0.825. The van der Waals surface area contributed by atoms with Crippen molar-refractivity contribution in [3.63, 3.8) is 0 Å². The first-order valence-corrected chi connectivity index (χ1v) is 5.27. The van der Waals surface area contributed by atoms with Crippen molar-refractivity contribution < 1.29 is 4.39 Å². The van der Waals surface area contributed by atoms with Gasteiger partial charge < -0.3 is 10.6 Å². The average Bonchev–Trinajstić information content (AvgIpc) is 2.16. The Balaban J connectivity index is 2.97. The summed E-state index contributed by atoms with van der Waals surface area (Å²) in [7, 11) is 1.96. The fourth-order valence-electron chi connectivity index (χ4n) is 1.45. The normalized spacial score (nSPS) is 10.8. The van der Waals surface area contributed by atoms with E-state index in [1.54, 1.807) is 12.1 Å². The van der Waals surface area contributed by atoms with Crippen LogP contribution in [0.25, 0.3) is 0 Å². The zero-order valence-electron chi connectivity index (χ0n) is 9.63. The zero-order valence-corrected chi connectivity index (χ0v) is 9.63. The van der Waals surface area contributed by atoms with Crippen molar-refractivity contribution in [2.45, 2.75) is 26.3 Å². The van der Waals surface area contributed by atoms with Crippen molar-refractivity contribution in [2.75, 3.05) is 18.5 Å². The maximum Gasteiger partial charge on any atom is 0.125 e. The number of nitrogens with two attached hydrogens (primary N) is 1. The van der Waals surface area contributed by atoms with Gasteiger partial charge in [-0.05, 0) is 50.6 Å². The summed E-state index contributed by atoms with van der Waals surface area (Å²) in [5.41, 5.74) is 7.33. The second kappa shape index (κ2) is 5.12. The fourth-order valence-corrected chi connectivity index (χ4v) is 1.45. The van der Waals surface area contributed by atoms with Crippen LogP contribution < -0.4 is 10.6 Å². The maximum absolute atomic E-state index is 13.3. The van der Waals surface area contributed by atoms with Crippen LogP contribution in [0.3, 0.4) is 0 Å². The van der Waals surface area contributed by atoms with Crippen LogP contribution >= 0.6 is 0 Å². The van der Waals surface area contributed by atoms with Crippen LogP contribution in [0.4, 0.5) is 10.1 Å². The van der Waals surface area contributed by atoms with Crippen LogP contribution in [0.1, 0.15) is 19.4 Å². The van der Waals surface area contributed by atoms with E-state index in [-0.39, 0.29) is 5.82 Å². The topological polar surface area (TPSA) is 29.3 Å². The van der Waals surface area contributed by atoms with Crippen molar-refractivity contribution in [1.29, 1.82) is 0 Å². The molecule has 1 aromatic rings. The molecule has 0 unspecified atom stereocenters. The van der Waals surface area contributed by atoms with Crippen molar-refractivity contribution in [1.82, 2.24) is 0 Å². The van der Waals surface area contributed by atoms with Crippen LogP contribution in [0.2, 0.25) is 0 Å². The first-order chi connectivity index (χ1) is 7.04. The SMILES string of the molecule is CC(C)N(C)c1cc(F)cc(CCN)c1. The van der Waals surface area contributed by atoms with Gasteiger partial charge in [-0.15, -0.1) is 0 Å². The van der Waals surface area contributed by atoms with E-state index in [1.807, 2.05) is 18.0 Å². The van der Waals surface area contributed by atoms with Crippen LogP contribution in [0.5, 0.6) is 0 Å². The molecule has 15 heavy (non-hydrogen) atoms. The molecule has 0 radical (unpaired) electrons. The highest BCUT2D eigenvalue weighted by molar-refractivity contribution is 5.49. The average molecular weight is 210 g/mol. The predicted molar refractivity (Wildman–Crippen MR) is 62.7 cm³/mol. The molecule has 3 heteroatoms. The Morgan fingerprint density at radius 1 is 1.33 bits per heavy atom. The lowest BCUT2D eigenvalue weighted by molar-refractivity contribution is 0.623. The molecule has 0 fully saturated rings. The van der Waals surface area contributed by atoms with Gasteiger partial charge in [-0.1, -0.05) is 0 Å². The molecule has 2 N–H and O–H groups in total. The second-order valence-corrected chi connectivity index (χ2v) is 4.06. The molecule has 1 aromatic carbocycles. The fraction of sp³-hybridized carbons (Fsp3) is 0.500. The van der Waals surface area contributed by atoms with Crippen molar-refractivity contribution in [3.8, 4) is 0 Å². The highest BCUT2D eigenvalue weighted by Gasteiger charge is 2.07. The Kier molecular flexibility index (Phi) is 4.09. The molecule has 0 aliphatic carbocycles. The summed E-state index contributed by atoms with van der Waals surface area (Å²) in [6.45, 7) is 4.70. The molecule has 0 aliphatic heterocycles. The molecule has 1 rings (SSSR count). The van der Waals surface area contributed by atoms with Crippen LogP contribution in [0.15, 0.2) is 18.2 Å². The van der Waals surface area contributed by atoms with Gasteiger partial charge in [0.05, 0.1) is 0 Å². The molecule has 84 valence electrons. The third kappa shape index (κ3) is 3.20. The Morgan fingerprint density at radius 3 is 2.53 bits per heavy atom. The van der Waals surface area contributed by atoms with Gasteiger partial charge in [0.2, 0.25) is 0 Å². The summed E-state index contributed by atoms with van der Waals surface area (Å²) in [5, 5.41) is 0. The molecular weight excluding hydrogens is 191 g/mol. The minimum atomic E-state index is -0.191. The smallest absolute Gasteiger partial charge is 0.125 e. The summed E-state index contributed by atoms with van der Waals surface area (Å²) in [5.74, 6) is -0.191. The van der Waals surface area contributed by atoms with Gasteiger partial charge in [-0.2, -0.15) is 0 Å². The molecule has 0 atom stereocenters. The molecule has 0 amide bonds. The lowest BCUT2D eigenvalue weighted by Gasteiger charge is -2.24. The van der Waals surface area contributed by atoms with Gasteiger partial charge in [-0.25, -0.2) is 4.39 Å². The van der Waals surface area contributed by atoms with E-state index in [0.29, 0.717) is 12.6 Å². The van der Waals surface area contributed by atoms with E-state index in [2.05, 4.69) is 13.8 Å². The van der Waals surface area contributed by atoms with Gasteiger partial charge in [0.1, 0.15) is 5.82 Å². The molecule has 0 bridgehead atoms. The minimum Gasteiger partial charge on any atom is -0.372 e. The second-order valence-electron chi connectivity index (χ2n) is 4.06. The Hall–Kier alpha value is -1.09. The zero-order chi connectivity index (χ0) is 11.4. The van der Waals surface area contributed by atoms with E-state index < -0.39 is 0 Å². The Labute approximate surface area is 90.9 Å². The van der Waals surface area contributed by atoms with Crippen LogP contribution in [0, 0.1) is 5.82 Å². The highest BCUT2D eigenvalue weighted by atomic mass is 19.1. The molecule has 0 saturated heterocycles. The van der Waals surface area contributed by atoms with Crippen LogP contribution in [-0.4, -0.2) is 19.6 Å². The summed E-state index contributed by atoms with van der Waals surface area (Å²) < 4.78 is 13.3. The number of nitrogens with zero attached hydrogens (tertiary/aromatic N) is 1. The summed E-state index contributed by atoms with van der Waals surface area (Å²) in [6, 6.07) is 5.46. The molecule has 0 aliphatic rings. The van der Waals surface area contributed by atoms with Crippen molar-refractivity contribution >= 4 is 5.69 Å². The molecular formula is C12H19FN2. The number of halogens is 1. The van der Waals surface area contributed by atoms with Gasteiger partial charge >= 0.3 is 0 Å². The first-order valence-electron chi connectivity index (χ1n) is 5.27. The highest BCUT2D eigenvalue weighted by Crippen LogP contribution is 2.19. The number of anilines is 1. The maximum atomic E-state index is 13.3. The third-order valence-corrected chi connectivity index (χ3v) is 2.56. The predicted octanol–water partition coefficient (Wildman–Crippen LogP) is 2.17. The molecule has 0 saturated carbocycles. The monoisotopic (exact) mass is 210 g/mol. The standard InChI is InChI=1S/C12H19FN2/c1-9(2)15(3)12-7-10(4-5-14)6-11(13)8-12/h6-9H,4-5,14H2,1-3H3. The van der Waals surface area contributed by atoms with Gasteiger partial charge in [0.25, 0.3) is 0 Å². The molecule has 0 spiro atoms. The number of hydrogen-bond donors (Lipinski definition) is 1. The molecule has 0 aromatic heterocycles. The number of hydrogen-bond acceptors (Lipinski definition) is 2. The molecule has 2 nitrogen and oxygen atoms in total. The first kappa shape index (κ1) is 12.0. The van der Waals surface area contributed by atoms with Crippen LogP contribution in [-0.2, 0) is 6.42 Å². The lowest BCUT2D eigenvalue weighted by atomic mass is 10.1. The van der Waals surface area contributed by atoms with E-state index in [0.717, 1.165) is 17.7 Å². The number of benzene rings is 1. The van der Waals surface area contributed by atoms with Crippen molar-refractivity contribution in [3.05, 3.63) is 29.6 Å². The largest absolute Gasteiger partial charge is 0.372 e. The van der Waals surface area contributed by atoms with Crippen molar-refractivity contribution in [2.24, 2.45) is 5.73 Å². The summed E-state index contributed by atoms with van der Waals surface area (Å²) in [4.78, 5) is 2.04. The van der Waals surface area contributed by atoms with Gasteiger partial charge in [0.15, 0.2) is 0 Å². The lowest BCUT2D eigenvalue weighted by Crippen LogP contribution is -2.25. The van der Waals surface area contributed by atoms with Gasteiger partial charge in [0, 0.05) is 18.8 Å². The third-order valence-electron chi connectivity index (χ3n) is 2.56. The Morgan fingerprint density at radius 2 is 2.00 bits per heavy atom. The number of rotatable bonds is 4. The molecule has 0 heterocycles. The van der Waals surface area contributed by atoms with E-state index >= 15 is 0 Å². The Bertz CT molecular complexity index is 323.